The number of hydrogen-bond acceptors (Lipinski definition) is 4. The largest absolute Gasteiger partial charge is 0.320 e. The van der Waals surface area contributed by atoms with Gasteiger partial charge in [-0.3, -0.25) is 5.10 Å². The number of H-pyrrole nitrogens is 1. The van der Waals surface area contributed by atoms with Crippen LogP contribution in [0.5, 0.6) is 0 Å². The fourth-order valence-electron chi connectivity index (χ4n) is 0.723. The first-order valence-corrected chi connectivity index (χ1v) is 3.25. The highest BCUT2D eigenvalue weighted by atomic mass is 15.2. The zero-order valence-corrected chi connectivity index (χ0v) is 6.20. The van der Waals surface area contributed by atoms with Crippen LogP contribution in [0.1, 0.15) is 24.1 Å². The van der Waals surface area contributed by atoms with Crippen LogP contribution >= 0.6 is 0 Å². The molecule has 0 aromatic carbocycles. The van der Waals surface area contributed by atoms with Crippen LogP contribution in [0.25, 0.3) is 0 Å². The fourth-order valence-corrected chi connectivity index (χ4v) is 0.723. The summed E-state index contributed by atoms with van der Waals surface area (Å²) in [5.74, 6) is 1.22. The van der Waals surface area contributed by atoms with E-state index in [4.69, 9.17) is 11.0 Å². The lowest BCUT2D eigenvalue weighted by atomic mass is 10.2. The van der Waals surface area contributed by atoms with Gasteiger partial charge in [-0.25, -0.2) is 4.98 Å². The summed E-state index contributed by atoms with van der Waals surface area (Å²) in [7, 11) is 0. The van der Waals surface area contributed by atoms with Gasteiger partial charge in [0.05, 0.1) is 18.5 Å². The van der Waals surface area contributed by atoms with Gasteiger partial charge in [0.15, 0.2) is 0 Å². The molecule has 0 aliphatic rings. The molecular formula is C6H9N5. The number of rotatable bonds is 2. The van der Waals surface area contributed by atoms with E-state index in [9.17, 15) is 0 Å². The highest BCUT2D eigenvalue weighted by Gasteiger charge is 2.08. The average molecular weight is 151 g/mol. The molecule has 1 rings (SSSR count). The molecule has 0 aliphatic heterocycles. The van der Waals surface area contributed by atoms with Crippen LogP contribution in [0.4, 0.5) is 0 Å². The van der Waals surface area contributed by atoms with Crippen molar-refractivity contribution in [3.05, 3.63) is 11.6 Å². The maximum atomic E-state index is 8.31. The first-order valence-electron chi connectivity index (χ1n) is 3.25. The minimum atomic E-state index is -0.346. The van der Waals surface area contributed by atoms with Gasteiger partial charge in [0, 0.05) is 0 Å². The van der Waals surface area contributed by atoms with Gasteiger partial charge >= 0.3 is 0 Å². The molecule has 0 fully saturated rings. The molecule has 58 valence electrons. The zero-order valence-electron chi connectivity index (χ0n) is 6.20. The summed E-state index contributed by atoms with van der Waals surface area (Å²) >= 11 is 0. The minimum absolute atomic E-state index is 0.259. The van der Waals surface area contributed by atoms with Crippen LogP contribution in [0.3, 0.4) is 0 Å². The van der Waals surface area contributed by atoms with Gasteiger partial charge < -0.3 is 5.73 Å². The van der Waals surface area contributed by atoms with Crippen molar-refractivity contribution in [1.82, 2.24) is 15.2 Å². The number of nitrogens with two attached hydrogens (primary N) is 1. The Morgan fingerprint density at radius 3 is 3.00 bits per heavy atom. The van der Waals surface area contributed by atoms with E-state index in [1.54, 1.807) is 6.92 Å². The molecule has 1 heterocycles. The molecule has 0 spiro atoms. The van der Waals surface area contributed by atoms with Gasteiger partial charge in [-0.2, -0.15) is 10.4 Å². The summed E-state index contributed by atoms with van der Waals surface area (Å²) in [5, 5.41) is 14.8. The second kappa shape index (κ2) is 3.12. The Bertz CT molecular complexity index is 271. The van der Waals surface area contributed by atoms with Gasteiger partial charge in [0.1, 0.15) is 11.6 Å². The number of aromatic nitrogens is 3. The molecule has 3 N–H and O–H groups in total. The maximum absolute atomic E-state index is 8.31. The number of nitriles is 1. The molecule has 1 aromatic heterocycles. The predicted molar refractivity (Wildman–Crippen MR) is 38.3 cm³/mol. The normalized spacial score (nSPS) is 12.5. The summed E-state index contributed by atoms with van der Waals surface area (Å²) in [6.45, 7) is 1.76. The van der Waals surface area contributed by atoms with E-state index in [1.165, 1.54) is 0 Å². The van der Waals surface area contributed by atoms with E-state index < -0.39 is 0 Å². The summed E-state index contributed by atoms with van der Waals surface area (Å²) in [4.78, 5) is 3.99. The number of aryl methyl sites for hydroxylation is 1. The van der Waals surface area contributed by atoms with Crippen LogP contribution < -0.4 is 5.73 Å². The van der Waals surface area contributed by atoms with Crippen LogP contribution in [0.2, 0.25) is 0 Å². The Morgan fingerprint density at radius 1 is 1.82 bits per heavy atom. The van der Waals surface area contributed by atoms with Crippen molar-refractivity contribution in [2.45, 2.75) is 19.4 Å². The molecule has 5 heteroatoms. The van der Waals surface area contributed by atoms with E-state index in [2.05, 4.69) is 15.2 Å². The Hall–Kier alpha value is -1.41. The Balaban J connectivity index is 2.70. The van der Waals surface area contributed by atoms with Crippen molar-refractivity contribution in [3.8, 4) is 6.07 Å². The van der Waals surface area contributed by atoms with Gasteiger partial charge in [0.25, 0.3) is 0 Å². The molecule has 0 saturated carbocycles. The number of nitrogens with one attached hydrogen (secondary N) is 1. The average Bonchev–Trinajstić information content (AvgIpc) is 2.36. The second-order valence-electron chi connectivity index (χ2n) is 2.24. The van der Waals surface area contributed by atoms with Crippen molar-refractivity contribution < 1.29 is 0 Å². The van der Waals surface area contributed by atoms with Crippen LogP contribution in [0.15, 0.2) is 0 Å². The van der Waals surface area contributed by atoms with Crippen molar-refractivity contribution in [3.63, 3.8) is 0 Å². The number of aromatic amines is 1. The standard InChI is InChI=1S/C6H9N5/c1-4-9-6(11-10-4)5(8)2-3-7/h5H,2,8H2,1H3,(H,9,10,11)/t5-/m1/s1. The molecule has 0 aliphatic carbocycles. The van der Waals surface area contributed by atoms with E-state index in [1.807, 2.05) is 6.07 Å². The lowest BCUT2D eigenvalue weighted by molar-refractivity contribution is 0.691. The second-order valence-corrected chi connectivity index (χ2v) is 2.24. The molecular weight excluding hydrogens is 142 g/mol. The van der Waals surface area contributed by atoms with Crippen molar-refractivity contribution in [2.75, 3.05) is 0 Å². The lowest BCUT2D eigenvalue weighted by Crippen LogP contribution is -2.11. The third-order valence-corrected chi connectivity index (χ3v) is 1.28. The topological polar surface area (TPSA) is 91.4 Å². The first kappa shape index (κ1) is 7.69. The lowest BCUT2D eigenvalue weighted by Gasteiger charge is -1.99. The molecule has 1 aromatic rings. The quantitative estimate of drug-likeness (QED) is 0.623. The summed E-state index contributed by atoms with van der Waals surface area (Å²) in [5.41, 5.74) is 5.56. The van der Waals surface area contributed by atoms with E-state index in [0.717, 1.165) is 0 Å². The third kappa shape index (κ3) is 1.75. The van der Waals surface area contributed by atoms with E-state index >= 15 is 0 Å². The molecule has 5 nitrogen and oxygen atoms in total. The van der Waals surface area contributed by atoms with Crippen LogP contribution in [-0.2, 0) is 0 Å². The summed E-state index contributed by atoms with van der Waals surface area (Å²) in [6.07, 6.45) is 0.259. The summed E-state index contributed by atoms with van der Waals surface area (Å²) in [6, 6.07) is 1.62. The van der Waals surface area contributed by atoms with Gasteiger partial charge in [-0.1, -0.05) is 0 Å². The molecule has 0 saturated heterocycles. The van der Waals surface area contributed by atoms with Crippen molar-refractivity contribution in [2.24, 2.45) is 5.73 Å². The highest BCUT2D eigenvalue weighted by Crippen LogP contribution is 2.06. The molecule has 0 amide bonds. The molecule has 1 atom stereocenters. The zero-order chi connectivity index (χ0) is 8.27. The minimum Gasteiger partial charge on any atom is -0.320 e. The summed E-state index contributed by atoms with van der Waals surface area (Å²) < 4.78 is 0. The van der Waals surface area contributed by atoms with Crippen LogP contribution in [0, 0.1) is 18.3 Å². The first-order chi connectivity index (χ1) is 5.24. The monoisotopic (exact) mass is 151 g/mol. The van der Waals surface area contributed by atoms with Crippen LogP contribution in [-0.4, -0.2) is 15.2 Å². The van der Waals surface area contributed by atoms with Gasteiger partial charge in [-0.15, -0.1) is 0 Å². The Morgan fingerprint density at radius 2 is 2.55 bits per heavy atom. The van der Waals surface area contributed by atoms with Gasteiger partial charge in [0.2, 0.25) is 0 Å². The maximum Gasteiger partial charge on any atom is 0.147 e. The smallest absolute Gasteiger partial charge is 0.147 e. The number of nitrogens with zero attached hydrogens (tertiary/aromatic N) is 3. The Labute approximate surface area is 64.2 Å². The molecule has 0 unspecified atom stereocenters. The Kier molecular flexibility index (Phi) is 2.18. The SMILES string of the molecule is Cc1n[nH]c([C@H](N)CC#N)n1. The molecule has 11 heavy (non-hydrogen) atoms. The van der Waals surface area contributed by atoms with E-state index in [0.29, 0.717) is 11.6 Å². The number of hydrogen-bond donors (Lipinski definition) is 2. The third-order valence-electron chi connectivity index (χ3n) is 1.28. The van der Waals surface area contributed by atoms with E-state index in [-0.39, 0.29) is 12.5 Å². The molecule has 0 radical (unpaired) electrons. The predicted octanol–water partition coefficient (Wildman–Crippen LogP) is 0.0266. The molecule has 0 bridgehead atoms. The van der Waals surface area contributed by atoms with Crippen molar-refractivity contribution >= 4 is 0 Å². The highest BCUT2D eigenvalue weighted by molar-refractivity contribution is 4.97. The van der Waals surface area contributed by atoms with Gasteiger partial charge in [-0.05, 0) is 6.92 Å². The fraction of sp³-hybridized carbons (Fsp3) is 0.500. The van der Waals surface area contributed by atoms with Crippen molar-refractivity contribution in [1.29, 1.82) is 5.26 Å².